The summed E-state index contributed by atoms with van der Waals surface area (Å²) in [5, 5.41) is 12.3. The summed E-state index contributed by atoms with van der Waals surface area (Å²) in [6.07, 6.45) is 5.64. The van der Waals surface area contributed by atoms with E-state index >= 15 is 0 Å². The number of benzene rings is 1. The molecule has 3 aromatic rings. The fourth-order valence-electron chi connectivity index (χ4n) is 3.56. The summed E-state index contributed by atoms with van der Waals surface area (Å²) in [5.74, 6) is 0.700. The Labute approximate surface area is 160 Å². The number of hydrogen-bond donors (Lipinski definition) is 0. The van der Waals surface area contributed by atoms with Gasteiger partial charge in [-0.3, -0.25) is 4.79 Å². The Bertz CT molecular complexity index is 1010. The number of carbonyl (C=O) groups is 1. The van der Waals surface area contributed by atoms with Gasteiger partial charge < -0.3 is 9.42 Å². The molecular weight excluding hydrogens is 363 g/mol. The molecule has 3 heterocycles. The van der Waals surface area contributed by atoms with Crippen molar-refractivity contribution in [2.45, 2.75) is 37.6 Å². The second kappa shape index (κ2) is 6.81. The first kappa shape index (κ1) is 17.0. The van der Waals surface area contributed by atoms with E-state index in [4.69, 9.17) is 4.52 Å². The largest absolute Gasteiger partial charge is 0.336 e. The molecule has 1 unspecified atom stereocenters. The van der Waals surface area contributed by atoms with Gasteiger partial charge in [0, 0.05) is 19.0 Å². The summed E-state index contributed by atoms with van der Waals surface area (Å²) in [5.41, 5.74) is 0.623. The molecule has 1 saturated heterocycles. The molecule has 0 spiro atoms. The number of likely N-dealkylation sites (tertiary alicyclic amines) is 1. The topological polar surface area (TPSA) is 89.9 Å². The normalized spacial score (nSPS) is 19.8. The maximum absolute atomic E-state index is 14.0. The number of piperidine rings is 1. The highest BCUT2D eigenvalue weighted by molar-refractivity contribution is 5.94. The predicted octanol–water partition coefficient (Wildman–Crippen LogP) is 2.82. The molecule has 8 nitrogen and oxygen atoms in total. The number of halogens is 1. The number of nitrogens with zero attached hydrogens (tertiary/aromatic N) is 6. The quantitative estimate of drug-likeness (QED) is 0.689. The van der Waals surface area contributed by atoms with Crippen molar-refractivity contribution in [1.29, 1.82) is 0 Å². The Morgan fingerprint density at radius 2 is 2.07 bits per heavy atom. The van der Waals surface area contributed by atoms with E-state index in [-0.39, 0.29) is 17.5 Å². The van der Waals surface area contributed by atoms with Crippen LogP contribution in [-0.2, 0) is 0 Å². The van der Waals surface area contributed by atoms with Crippen molar-refractivity contribution in [3.05, 3.63) is 47.7 Å². The second-order valence-corrected chi connectivity index (χ2v) is 7.34. The smallest absolute Gasteiger partial charge is 0.280 e. The van der Waals surface area contributed by atoms with E-state index in [9.17, 15) is 9.18 Å². The molecule has 5 rings (SSSR count). The van der Waals surface area contributed by atoms with E-state index in [0.717, 1.165) is 31.5 Å². The SMILES string of the molecule is O=C(c1ccccc1F)N1CCCC(n2cc(-c3nc(C4CC4)no3)nn2)C1. The first-order valence-electron chi connectivity index (χ1n) is 9.48. The fraction of sp³-hybridized carbons (Fsp3) is 0.421. The van der Waals surface area contributed by atoms with E-state index in [1.807, 2.05) is 0 Å². The average molecular weight is 382 g/mol. The fourth-order valence-corrected chi connectivity index (χ4v) is 3.56. The van der Waals surface area contributed by atoms with Gasteiger partial charge in [-0.25, -0.2) is 9.07 Å². The van der Waals surface area contributed by atoms with Crippen molar-refractivity contribution in [1.82, 2.24) is 30.0 Å². The van der Waals surface area contributed by atoms with Crippen LogP contribution in [0.5, 0.6) is 0 Å². The lowest BCUT2D eigenvalue weighted by Crippen LogP contribution is -2.41. The van der Waals surface area contributed by atoms with E-state index in [0.29, 0.717) is 30.6 Å². The molecule has 28 heavy (non-hydrogen) atoms. The minimum Gasteiger partial charge on any atom is -0.336 e. The van der Waals surface area contributed by atoms with Crippen LogP contribution in [0.2, 0.25) is 0 Å². The Kier molecular flexibility index (Phi) is 4.14. The molecular formula is C19H19FN6O2. The van der Waals surface area contributed by atoms with Gasteiger partial charge >= 0.3 is 0 Å². The van der Waals surface area contributed by atoms with Gasteiger partial charge in [-0.1, -0.05) is 22.5 Å². The summed E-state index contributed by atoms with van der Waals surface area (Å²) < 4.78 is 21.0. The van der Waals surface area contributed by atoms with E-state index < -0.39 is 5.82 Å². The highest BCUT2D eigenvalue weighted by Crippen LogP contribution is 2.38. The van der Waals surface area contributed by atoms with E-state index in [1.54, 1.807) is 27.9 Å². The minimum atomic E-state index is -0.500. The van der Waals surface area contributed by atoms with Crippen molar-refractivity contribution in [3.8, 4) is 11.6 Å². The lowest BCUT2D eigenvalue weighted by Gasteiger charge is -2.32. The maximum Gasteiger partial charge on any atom is 0.280 e. The molecule has 1 saturated carbocycles. The molecule has 1 aliphatic heterocycles. The van der Waals surface area contributed by atoms with E-state index in [2.05, 4.69) is 20.5 Å². The molecule has 2 aromatic heterocycles. The molecule has 1 amide bonds. The van der Waals surface area contributed by atoms with Gasteiger partial charge in [0.15, 0.2) is 11.5 Å². The highest BCUT2D eigenvalue weighted by atomic mass is 19.1. The van der Waals surface area contributed by atoms with Crippen molar-refractivity contribution in [2.75, 3.05) is 13.1 Å². The van der Waals surface area contributed by atoms with Crippen LogP contribution in [0.4, 0.5) is 4.39 Å². The van der Waals surface area contributed by atoms with E-state index in [1.165, 1.54) is 12.1 Å². The maximum atomic E-state index is 14.0. The average Bonchev–Trinajstić information content (AvgIpc) is 3.25. The van der Waals surface area contributed by atoms with Crippen LogP contribution in [0, 0.1) is 5.82 Å². The summed E-state index contributed by atoms with van der Waals surface area (Å²) in [7, 11) is 0. The molecule has 0 radical (unpaired) electrons. The third kappa shape index (κ3) is 3.17. The molecule has 1 atom stereocenters. The van der Waals surface area contributed by atoms with Crippen LogP contribution >= 0.6 is 0 Å². The standard InChI is InChI=1S/C19H19FN6O2/c20-15-6-2-1-5-14(15)19(27)25-9-3-4-13(10-25)26-11-16(22-24-26)18-21-17(23-28-18)12-7-8-12/h1-2,5-6,11-13H,3-4,7-10H2. The van der Waals surface area contributed by atoms with Crippen LogP contribution in [0.15, 0.2) is 35.0 Å². The third-order valence-corrected chi connectivity index (χ3v) is 5.28. The zero-order valence-electron chi connectivity index (χ0n) is 15.2. The van der Waals surface area contributed by atoms with Crippen molar-refractivity contribution in [2.24, 2.45) is 0 Å². The number of hydrogen-bond acceptors (Lipinski definition) is 6. The highest BCUT2D eigenvalue weighted by Gasteiger charge is 2.30. The Hall–Kier alpha value is -3.10. The molecule has 2 aliphatic rings. The summed E-state index contributed by atoms with van der Waals surface area (Å²) in [6.45, 7) is 1.05. The van der Waals surface area contributed by atoms with Crippen LogP contribution in [-0.4, -0.2) is 49.0 Å². The molecule has 0 bridgehead atoms. The lowest BCUT2D eigenvalue weighted by molar-refractivity contribution is 0.0667. The van der Waals surface area contributed by atoms with Gasteiger partial charge in [0.1, 0.15) is 5.82 Å². The first-order valence-corrected chi connectivity index (χ1v) is 9.48. The predicted molar refractivity (Wildman–Crippen MR) is 95.9 cm³/mol. The summed E-state index contributed by atoms with van der Waals surface area (Å²) >= 11 is 0. The Morgan fingerprint density at radius 1 is 1.21 bits per heavy atom. The van der Waals surface area contributed by atoms with Crippen molar-refractivity contribution in [3.63, 3.8) is 0 Å². The zero-order valence-corrected chi connectivity index (χ0v) is 15.2. The van der Waals surface area contributed by atoms with Crippen LogP contribution < -0.4 is 0 Å². The first-order chi connectivity index (χ1) is 13.7. The monoisotopic (exact) mass is 382 g/mol. The molecule has 9 heteroatoms. The number of rotatable bonds is 4. The van der Waals surface area contributed by atoms with Crippen molar-refractivity contribution < 1.29 is 13.7 Å². The molecule has 0 N–H and O–H groups in total. The number of amides is 1. The van der Waals surface area contributed by atoms with Gasteiger partial charge in [-0.15, -0.1) is 5.10 Å². The zero-order chi connectivity index (χ0) is 19.1. The number of carbonyl (C=O) groups excluding carboxylic acids is 1. The van der Waals surface area contributed by atoms with Gasteiger partial charge in [0.2, 0.25) is 0 Å². The van der Waals surface area contributed by atoms with Gasteiger partial charge in [-0.05, 0) is 37.8 Å². The lowest BCUT2D eigenvalue weighted by atomic mass is 10.0. The summed E-state index contributed by atoms with van der Waals surface area (Å²) in [4.78, 5) is 18.8. The van der Waals surface area contributed by atoms with Gasteiger partial charge in [0.25, 0.3) is 11.8 Å². The summed E-state index contributed by atoms with van der Waals surface area (Å²) in [6, 6.07) is 6.03. The Balaban J connectivity index is 1.32. The molecule has 144 valence electrons. The van der Waals surface area contributed by atoms with Gasteiger partial charge in [0.05, 0.1) is 17.8 Å². The molecule has 2 fully saturated rings. The van der Waals surface area contributed by atoms with Crippen LogP contribution in [0.1, 0.15) is 53.8 Å². The number of aromatic nitrogens is 5. The molecule has 1 aliphatic carbocycles. The second-order valence-electron chi connectivity index (χ2n) is 7.34. The molecule has 1 aromatic carbocycles. The van der Waals surface area contributed by atoms with Gasteiger partial charge in [-0.2, -0.15) is 4.98 Å². The Morgan fingerprint density at radius 3 is 2.89 bits per heavy atom. The van der Waals surface area contributed by atoms with Crippen molar-refractivity contribution >= 4 is 5.91 Å². The third-order valence-electron chi connectivity index (χ3n) is 5.28. The van der Waals surface area contributed by atoms with Crippen LogP contribution in [0.25, 0.3) is 11.6 Å². The van der Waals surface area contributed by atoms with Crippen LogP contribution in [0.3, 0.4) is 0 Å². The minimum absolute atomic E-state index is 0.0310.